The average molecular weight is 437 g/mol. The first-order valence-corrected chi connectivity index (χ1v) is 10.1. The molecule has 0 N–H and O–H groups in total. The summed E-state index contributed by atoms with van der Waals surface area (Å²) in [4.78, 5) is 31.8. The fourth-order valence-electron chi connectivity index (χ4n) is 3.31. The second kappa shape index (κ2) is 10.00. The van der Waals surface area contributed by atoms with Gasteiger partial charge >= 0.3 is 5.97 Å². The molecule has 0 aliphatic carbocycles. The van der Waals surface area contributed by atoms with Crippen LogP contribution in [0.2, 0.25) is 0 Å². The van der Waals surface area contributed by atoms with Gasteiger partial charge in [0.2, 0.25) is 0 Å². The molecule has 8 heteroatoms. The van der Waals surface area contributed by atoms with Gasteiger partial charge in [0.05, 0.1) is 43.5 Å². The van der Waals surface area contributed by atoms with Gasteiger partial charge in [0.25, 0.3) is 5.56 Å². The summed E-state index contributed by atoms with van der Waals surface area (Å²) in [5, 5.41) is 0.363. The maximum atomic E-state index is 13.1. The van der Waals surface area contributed by atoms with Crippen LogP contribution in [0.5, 0.6) is 11.5 Å². The second-order valence-corrected chi connectivity index (χ2v) is 7.38. The van der Waals surface area contributed by atoms with Crippen molar-refractivity contribution >= 4 is 22.9 Å². The second-order valence-electron chi connectivity index (χ2n) is 7.38. The minimum atomic E-state index is -0.544. The quantitative estimate of drug-likeness (QED) is 0.501. The van der Waals surface area contributed by atoms with Gasteiger partial charge in [0.15, 0.2) is 11.5 Å². The van der Waals surface area contributed by atoms with E-state index >= 15 is 0 Å². The molecule has 0 fully saturated rings. The van der Waals surface area contributed by atoms with Gasteiger partial charge in [-0.3, -0.25) is 4.79 Å². The predicted octanol–water partition coefficient (Wildman–Crippen LogP) is 2.98. The van der Waals surface area contributed by atoms with Crippen LogP contribution >= 0.6 is 0 Å². The van der Waals surface area contributed by atoms with Crippen molar-refractivity contribution in [1.29, 1.82) is 0 Å². The lowest BCUT2D eigenvalue weighted by atomic mass is 10.1. The first-order chi connectivity index (χ1) is 15.4. The molecule has 0 bridgehead atoms. The summed E-state index contributed by atoms with van der Waals surface area (Å²) in [5.74, 6) is 0.749. The van der Waals surface area contributed by atoms with Gasteiger partial charge in [-0.25, -0.2) is 9.78 Å². The SMILES string of the molecule is COC(=O)c1cc2c(=O)n(CCc3ccc(OC)c(OC)c3)ccc2nc1/C=C/N(C)C. The maximum Gasteiger partial charge on any atom is 0.340 e. The largest absolute Gasteiger partial charge is 0.493 e. The van der Waals surface area contributed by atoms with Crippen LogP contribution in [0.25, 0.3) is 17.0 Å². The standard InChI is InChI=1S/C24H27N3O5/c1-26(2)11-9-20-18(24(29)32-5)15-17-19(25-20)10-13-27(23(17)28)12-8-16-6-7-21(30-3)22(14-16)31-4/h6-7,9-11,13-15H,8,12H2,1-5H3/b11-9+. The van der Waals surface area contributed by atoms with E-state index < -0.39 is 5.97 Å². The number of rotatable bonds is 8. The highest BCUT2D eigenvalue weighted by Gasteiger charge is 2.16. The Morgan fingerprint density at radius 2 is 1.84 bits per heavy atom. The first-order valence-electron chi connectivity index (χ1n) is 10.1. The summed E-state index contributed by atoms with van der Waals surface area (Å²) in [6, 6.07) is 9.00. The van der Waals surface area contributed by atoms with E-state index in [1.165, 1.54) is 7.11 Å². The Labute approximate surface area is 186 Å². The van der Waals surface area contributed by atoms with Crippen LogP contribution in [-0.4, -0.2) is 55.8 Å². The Hall–Kier alpha value is -3.81. The van der Waals surface area contributed by atoms with Crippen molar-refractivity contribution in [3.05, 3.63) is 69.9 Å². The number of hydrogen-bond acceptors (Lipinski definition) is 7. The Kier molecular flexibility index (Phi) is 7.14. The van der Waals surface area contributed by atoms with Gasteiger partial charge in [0.1, 0.15) is 0 Å². The zero-order chi connectivity index (χ0) is 23.3. The number of nitrogens with zero attached hydrogens (tertiary/aromatic N) is 3. The fourth-order valence-corrected chi connectivity index (χ4v) is 3.31. The summed E-state index contributed by atoms with van der Waals surface area (Å²) in [7, 11) is 8.21. The monoisotopic (exact) mass is 437 g/mol. The molecule has 168 valence electrons. The molecule has 2 aromatic heterocycles. The zero-order valence-corrected chi connectivity index (χ0v) is 18.9. The number of aryl methyl sites for hydroxylation is 2. The Balaban J connectivity index is 1.96. The molecule has 0 aliphatic rings. The molecule has 0 radical (unpaired) electrons. The van der Waals surface area contributed by atoms with Gasteiger partial charge < -0.3 is 23.7 Å². The van der Waals surface area contributed by atoms with Crippen molar-refractivity contribution in [2.45, 2.75) is 13.0 Å². The molecular formula is C24H27N3O5. The summed E-state index contributed by atoms with van der Waals surface area (Å²) in [5.41, 5.74) is 1.99. The van der Waals surface area contributed by atoms with Crippen molar-refractivity contribution in [2.75, 3.05) is 35.4 Å². The third kappa shape index (κ3) is 4.91. The van der Waals surface area contributed by atoms with E-state index in [1.54, 1.807) is 49.4 Å². The van der Waals surface area contributed by atoms with E-state index in [9.17, 15) is 9.59 Å². The predicted molar refractivity (Wildman–Crippen MR) is 123 cm³/mol. The number of fused-ring (bicyclic) bond motifs is 1. The topological polar surface area (TPSA) is 82.9 Å². The van der Waals surface area contributed by atoms with Crippen molar-refractivity contribution in [3.63, 3.8) is 0 Å². The molecule has 0 atom stereocenters. The van der Waals surface area contributed by atoms with Crippen molar-refractivity contribution in [2.24, 2.45) is 0 Å². The third-order valence-electron chi connectivity index (χ3n) is 5.01. The molecule has 0 unspecified atom stereocenters. The van der Waals surface area contributed by atoms with Crippen molar-refractivity contribution in [3.8, 4) is 11.5 Å². The van der Waals surface area contributed by atoms with Gasteiger partial charge in [-0.2, -0.15) is 0 Å². The molecule has 0 aliphatic heterocycles. The molecule has 0 saturated carbocycles. The molecule has 32 heavy (non-hydrogen) atoms. The highest BCUT2D eigenvalue weighted by atomic mass is 16.5. The lowest BCUT2D eigenvalue weighted by molar-refractivity contribution is 0.0600. The Morgan fingerprint density at radius 3 is 2.50 bits per heavy atom. The number of hydrogen-bond donors (Lipinski definition) is 0. The molecule has 0 amide bonds. The van der Waals surface area contributed by atoms with Crippen LogP contribution in [0.1, 0.15) is 21.6 Å². The van der Waals surface area contributed by atoms with E-state index in [0.717, 1.165) is 5.56 Å². The highest BCUT2D eigenvalue weighted by molar-refractivity contribution is 5.97. The van der Waals surface area contributed by atoms with Gasteiger partial charge in [-0.1, -0.05) is 6.07 Å². The molecule has 1 aromatic carbocycles. The lowest BCUT2D eigenvalue weighted by Gasteiger charge is -2.12. The lowest BCUT2D eigenvalue weighted by Crippen LogP contribution is -2.21. The Morgan fingerprint density at radius 1 is 1.09 bits per heavy atom. The van der Waals surface area contributed by atoms with Gasteiger partial charge in [-0.05, 0) is 42.3 Å². The molecule has 8 nitrogen and oxygen atoms in total. The number of esters is 1. The van der Waals surface area contributed by atoms with Gasteiger partial charge in [0, 0.05) is 33.0 Å². The number of carbonyl (C=O) groups excluding carboxylic acids is 1. The molecule has 0 saturated heterocycles. The molecule has 3 rings (SSSR count). The molecule has 0 spiro atoms. The summed E-state index contributed by atoms with van der Waals surface area (Å²) in [6.45, 7) is 0.458. The third-order valence-corrected chi connectivity index (χ3v) is 5.01. The smallest absolute Gasteiger partial charge is 0.340 e. The fraction of sp³-hybridized carbons (Fsp3) is 0.292. The van der Waals surface area contributed by atoms with Crippen LogP contribution in [0.15, 0.2) is 47.5 Å². The number of carbonyl (C=O) groups is 1. The normalized spacial score (nSPS) is 11.0. The minimum absolute atomic E-state index is 0.219. The van der Waals surface area contributed by atoms with Crippen molar-refractivity contribution < 1.29 is 19.0 Å². The summed E-state index contributed by atoms with van der Waals surface area (Å²) >= 11 is 0. The number of ether oxygens (including phenoxy) is 3. The first kappa shape index (κ1) is 22.9. The van der Waals surface area contributed by atoms with Crippen LogP contribution in [0.4, 0.5) is 0 Å². The van der Waals surface area contributed by atoms with Crippen LogP contribution in [0.3, 0.4) is 0 Å². The Bertz CT molecular complexity index is 1210. The number of pyridine rings is 2. The van der Waals surface area contributed by atoms with E-state index in [-0.39, 0.29) is 11.1 Å². The van der Waals surface area contributed by atoms with Crippen LogP contribution in [0, 0.1) is 0 Å². The summed E-state index contributed by atoms with van der Waals surface area (Å²) < 4.78 is 17.1. The van der Waals surface area contributed by atoms with Crippen LogP contribution < -0.4 is 15.0 Å². The molecule has 3 aromatic rings. The molecule has 2 heterocycles. The number of methoxy groups -OCH3 is 3. The maximum absolute atomic E-state index is 13.1. The van der Waals surface area contributed by atoms with E-state index in [0.29, 0.717) is 41.1 Å². The summed E-state index contributed by atoms with van der Waals surface area (Å²) in [6.07, 6.45) is 5.83. The van der Waals surface area contributed by atoms with Gasteiger partial charge in [-0.15, -0.1) is 0 Å². The number of benzene rings is 1. The van der Waals surface area contributed by atoms with Crippen molar-refractivity contribution in [1.82, 2.24) is 14.5 Å². The van der Waals surface area contributed by atoms with E-state index in [4.69, 9.17) is 14.2 Å². The minimum Gasteiger partial charge on any atom is -0.493 e. The van der Waals surface area contributed by atoms with Crippen LogP contribution in [-0.2, 0) is 17.7 Å². The number of aromatic nitrogens is 2. The van der Waals surface area contributed by atoms with E-state index in [2.05, 4.69) is 4.98 Å². The highest BCUT2D eigenvalue weighted by Crippen LogP contribution is 2.27. The van der Waals surface area contributed by atoms with E-state index in [1.807, 2.05) is 37.2 Å². The molecular weight excluding hydrogens is 410 g/mol. The zero-order valence-electron chi connectivity index (χ0n) is 18.9. The average Bonchev–Trinajstić information content (AvgIpc) is 2.81.